The number of quaternary nitrogens is 1. The Morgan fingerprint density at radius 1 is 1.15 bits per heavy atom. The van der Waals surface area contributed by atoms with Crippen molar-refractivity contribution >= 4 is 28.9 Å². The number of benzene rings is 2. The summed E-state index contributed by atoms with van der Waals surface area (Å²) in [6, 6.07) is 10.8. The van der Waals surface area contributed by atoms with Gasteiger partial charge in [0.2, 0.25) is 0 Å². The number of rotatable bonds is 4. The van der Waals surface area contributed by atoms with Crippen molar-refractivity contribution in [1.82, 2.24) is 0 Å². The molecule has 3 rings (SSSR count). The van der Waals surface area contributed by atoms with Gasteiger partial charge in [0.05, 0.1) is 26.2 Å². The average molecular weight is 381 g/mol. The van der Waals surface area contributed by atoms with Crippen LogP contribution in [0.5, 0.6) is 0 Å². The first kappa shape index (κ1) is 18.6. The molecule has 0 spiro atoms. The third-order valence-electron chi connectivity index (χ3n) is 4.77. The molecule has 0 radical (unpaired) electrons. The van der Waals surface area contributed by atoms with Crippen LogP contribution in [-0.4, -0.2) is 38.1 Å². The Labute approximate surface area is 156 Å². The van der Waals surface area contributed by atoms with Crippen LogP contribution in [0.25, 0.3) is 0 Å². The molecule has 4 nitrogen and oxygen atoms in total. The minimum absolute atomic E-state index is 0.206. The summed E-state index contributed by atoms with van der Waals surface area (Å²) >= 11 is 6.05. The smallest absolute Gasteiger partial charge is 0.282 e. The fourth-order valence-corrected chi connectivity index (χ4v) is 3.35. The molecule has 0 aliphatic carbocycles. The second-order valence-corrected chi connectivity index (χ2v) is 6.90. The van der Waals surface area contributed by atoms with Gasteiger partial charge >= 0.3 is 0 Å². The number of halogens is 3. The summed E-state index contributed by atoms with van der Waals surface area (Å²) in [6.07, 6.45) is 0. The Kier molecular flexibility index (Phi) is 5.74. The second-order valence-electron chi connectivity index (χ2n) is 6.46. The zero-order valence-electron chi connectivity index (χ0n) is 14.4. The van der Waals surface area contributed by atoms with E-state index < -0.39 is 11.6 Å². The van der Waals surface area contributed by atoms with E-state index in [1.807, 2.05) is 31.2 Å². The summed E-state index contributed by atoms with van der Waals surface area (Å²) in [6.45, 7) is 5.09. The molecule has 1 amide bonds. The van der Waals surface area contributed by atoms with Crippen LogP contribution < -0.4 is 15.1 Å². The molecular weight excluding hydrogens is 360 g/mol. The van der Waals surface area contributed by atoms with E-state index in [0.717, 1.165) is 48.9 Å². The highest BCUT2D eigenvalue weighted by atomic mass is 35.5. The molecule has 0 bridgehead atoms. The molecule has 2 aromatic rings. The second kappa shape index (κ2) is 8.01. The molecule has 26 heavy (non-hydrogen) atoms. The zero-order valence-corrected chi connectivity index (χ0v) is 15.2. The van der Waals surface area contributed by atoms with Gasteiger partial charge in [-0.15, -0.1) is 0 Å². The first-order valence-corrected chi connectivity index (χ1v) is 8.93. The Morgan fingerprint density at radius 3 is 2.54 bits per heavy atom. The number of hydrogen-bond acceptors (Lipinski definition) is 2. The van der Waals surface area contributed by atoms with Crippen LogP contribution in [0.4, 0.5) is 20.2 Å². The van der Waals surface area contributed by atoms with Gasteiger partial charge in [0.1, 0.15) is 0 Å². The third-order valence-corrected chi connectivity index (χ3v) is 5.01. The fraction of sp³-hybridized carbons (Fsp3) is 0.316. The summed E-state index contributed by atoms with van der Waals surface area (Å²) in [5.41, 5.74) is 1.34. The molecule has 1 atom stereocenters. The van der Waals surface area contributed by atoms with Crippen LogP contribution >= 0.6 is 11.6 Å². The maximum absolute atomic E-state index is 13.3. The molecule has 1 saturated heterocycles. The molecule has 7 heteroatoms. The SMILES string of the molecule is C[C@H](C(=O)Nc1ccc(F)c(F)c1)[NH+]1CCN(c2cccc(Cl)c2)CC1. The van der Waals surface area contributed by atoms with Crippen LogP contribution in [0.15, 0.2) is 42.5 Å². The number of piperazine rings is 1. The summed E-state index contributed by atoms with van der Waals surface area (Å²) in [5, 5.41) is 3.37. The Balaban J connectivity index is 1.56. The lowest BCUT2D eigenvalue weighted by Gasteiger charge is -2.36. The van der Waals surface area contributed by atoms with Crippen molar-refractivity contribution in [2.75, 3.05) is 36.4 Å². The number of carbonyl (C=O) groups excluding carboxylic acids is 1. The highest BCUT2D eigenvalue weighted by Gasteiger charge is 2.29. The standard InChI is InChI=1S/C19H20ClF2N3O/c1-13(19(26)23-15-5-6-17(21)18(22)12-15)24-7-9-25(10-8-24)16-4-2-3-14(20)11-16/h2-6,11-13H,7-10H2,1H3,(H,23,26)/p+1/t13-/m1/s1. The van der Waals surface area contributed by atoms with Gasteiger partial charge in [0.15, 0.2) is 17.7 Å². The van der Waals surface area contributed by atoms with Crippen molar-refractivity contribution in [1.29, 1.82) is 0 Å². The normalized spacial score (nSPS) is 16.4. The molecule has 1 fully saturated rings. The van der Waals surface area contributed by atoms with E-state index in [-0.39, 0.29) is 17.6 Å². The zero-order chi connectivity index (χ0) is 18.7. The van der Waals surface area contributed by atoms with E-state index in [2.05, 4.69) is 10.2 Å². The van der Waals surface area contributed by atoms with Gasteiger partial charge in [-0.1, -0.05) is 17.7 Å². The molecule has 1 heterocycles. The lowest BCUT2D eigenvalue weighted by molar-refractivity contribution is -0.914. The summed E-state index contributed by atoms with van der Waals surface area (Å²) in [5.74, 6) is -2.11. The highest BCUT2D eigenvalue weighted by molar-refractivity contribution is 6.30. The number of amides is 1. The van der Waals surface area contributed by atoms with Crippen molar-refractivity contribution in [2.45, 2.75) is 13.0 Å². The van der Waals surface area contributed by atoms with Crippen molar-refractivity contribution in [3.63, 3.8) is 0 Å². The molecule has 2 aromatic carbocycles. The summed E-state index contributed by atoms with van der Waals surface area (Å²) in [4.78, 5) is 15.8. The van der Waals surface area contributed by atoms with E-state index in [4.69, 9.17) is 11.6 Å². The summed E-state index contributed by atoms with van der Waals surface area (Å²) in [7, 11) is 0. The van der Waals surface area contributed by atoms with Crippen LogP contribution in [-0.2, 0) is 4.79 Å². The van der Waals surface area contributed by atoms with E-state index >= 15 is 0 Å². The minimum atomic E-state index is -0.974. The van der Waals surface area contributed by atoms with Crippen molar-refractivity contribution < 1.29 is 18.5 Å². The number of carbonyl (C=O) groups is 1. The van der Waals surface area contributed by atoms with E-state index in [1.165, 1.54) is 6.07 Å². The van der Waals surface area contributed by atoms with Gasteiger partial charge in [-0.05, 0) is 37.3 Å². The van der Waals surface area contributed by atoms with E-state index in [0.29, 0.717) is 5.02 Å². The topological polar surface area (TPSA) is 36.8 Å². The molecule has 1 aliphatic heterocycles. The maximum atomic E-state index is 13.3. The number of nitrogens with zero attached hydrogens (tertiary/aromatic N) is 1. The van der Waals surface area contributed by atoms with Gasteiger partial charge in [-0.3, -0.25) is 4.79 Å². The molecule has 0 aromatic heterocycles. The predicted octanol–water partition coefficient (Wildman–Crippen LogP) is 2.35. The van der Waals surface area contributed by atoms with Crippen LogP contribution in [0.2, 0.25) is 5.02 Å². The monoisotopic (exact) mass is 380 g/mol. The van der Waals surface area contributed by atoms with Crippen LogP contribution in [0, 0.1) is 11.6 Å². The highest BCUT2D eigenvalue weighted by Crippen LogP contribution is 2.19. The fourth-order valence-electron chi connectivity index (χ4n) is 3.17. The largest absolute Gasteiger partial charge is 0.360 e. The Morgan fingerprint density at radius 2 is 1.88 bits per heavy atom. The maximum Gasteiger partial charge on any atom is 0.282 e. The molecule has 1 aliphatic rings. The van der Waals surface area contributed by atoms with Crippen molar-refractivity contribution in [3.8, 4) is 0 Å². The van der Waals surface area contributed by atoms with Gasteiger partial charge in [-0.25, -0.2) is 8.78 Å². The first-order valence-electron chi connectivity index (χ1n) is 8.55. The number of hydrogen-bond donors (Lipinski definition) is 2. The number of nitrogens with one attached hydrogen (secondary N) is 2. The van der Waals surface area contributed by atoms with Crippen molar-refractivity contribution in [2.24, 2.45) is 0 Å². The molecule has 0 saturated carbocycles. The predicted molar refractivity (Wildman–Crippen MR) is 98.8 cm³/mol. The van der Waals surface area contributed by atoms with Gasteiger partial charge in [0.25, 0.3) is 5.91 Å². The van der Waals surface area contributed by atoms with E-state index in [1.54, 1.807) is 0 Å². The Hall–Kier alpha value is -2.18. The van der Waals surface area contributed by atoms with Crippen LogP contribution in [0.1, 0.15) is 6.92 Å². The van der Waals surface area contributed by atoms with Crippen LogP contribution in [0.3, 0.4) is 0 Å². The molecule has 138 valence electrons. The lowest BCUT2D eigenvalue weighted by atomic mass is 10.2. The van der Waals surface area contributed by atoms with Gasteiger partial charge in [-0.2, -0.15) is 0 Å². The van der Waals surface area contributed by atoms with Gasteiger partial charge in [0, 0.05) is 22.5 Å². The molecular formula is C19H21ClF2N3O+. The first-order chi connectivity index (χ1) is 12.4. The van der Waals surface area contributed by atoms with E-state index in [9.17, 15) is 13.6 Å². The third kappa shape index (κ3) is 4.31. The minimum Gasteiger partial charge on any atom is -0.360 e. The van der Waals surface area contributed by atoms with Crippen molar-refractivity contribution in [3.05, 3.63) is 59.1 Å². The van der Waals surface area contributed by atoms with Gasteiger partial charge < -0.3 is 15.1 Å². The summed E-state index contributed by atoms with van der Waals surface area (Å²) < 4.78 is 26.3. The average Bonchev–Trinajstić information content (AvgIpc) is 2.64. The molecule has 2 N–H and O–H groups in total. The Bertz CT molecular complexity index is 794. The number of anilines is 2. The quantitative estimate of drug-likeness (QED) is 0.854. The lowest BCUT2D eigenvalue weighted by Crippen LogP contribution is -3.19. The molecule has 0 unspecified atom stereocenters.